The molecule has 2 nitrogen and oxygen atoms in total. The van der Waals surface area contributed by atoms with Crippen LogP contribution in [0.15, 0.2) is 18.2 Å². The summed E-state index contributed by atoms with van der Waals surface area (Å²) in [4.78, 5) is 5.83. The third kappa shape index (κ3) is 4.25. The largest absolute Gasteiger partial charge is 0.310 e. The van der Waals surface area contributed by atoms with E-state index < -0.39 is 0 Å². The normalized spacial score (nSPS) is 12.6. The molecule has 1 aromatic heterocycles. The van der Waals surface area contributed by atoms with Crippen molar-refractivity contribution in [1.82, 2.24) is 10.3 Å². The molecule has 0 spiro atoms. The molecule has 1 N–H and O–H groups in total. The average Bonchev–Trinajstić information content (AvgIpc) is 2.74. The highest BCUT2D eigenvalue weighted by atomic mass is 35.5. The smallest absolute Gasteiger partial charge is 0.124 e. The van der Waals surface area contributed by atoms with Gasteiger partial charge >= 0.3 is 0 Å². The Morgan fingerprint density at radius 3 is 2.71 bits per heavy atom. The second-order valence-corrected chi connectivity index (χ2v) is 6.82. The zero-order valence-electron chi connectivity index (χ0n) is 12.5. The van der Waals surface area contributed by atoms with Crippen molar-refractivity contribution in [2.45, 2.75) is 39.7 Å². The van der Waals surface area contributed by atoms with Gasteiger partial charge in [0.2, 0.25) is 0 Å². The van der Waals surface area contributed by atoms with Gasteiger partial charge < -0.3 is 5.32 Å². The summed E-state index contributed by atoms with van der Waals surface area (Å²) in [6.07, 6.45) is 1.80. The van der Waals surface area contributed by atoms with Crippen LogP contribution in [-0.2, 0) is 6.42 Å². The number of benzene rings is 1. The Bertz CT molecular complexity index is 593. The van der Waals surface area contributed by atoms with Crippen molar-refractivity contribution < 1.29 is 4.39 Å². The van der Waals surface area contributed by atoms with E-state index in [9.17, 15) is 4.39 Å². The molecule has 21 heavy (non-hydrogen) atoms. The Morgan fingerprint density at radius 2 is 2.14 bits per heavy atom. The Balaban J connectivity index is 2.24. The molecule has 0 fully saturated rings. The third-order valence-electron chi connectivity index (χ3n) is 3.43. The molecule has 2 rings (SSSR count). The predicted molar refractivity (Wildman–Crippen MR) is 87.7 cm³/mol. The maximum absolute atomic E-state index is 13.2. The van der Waals surface area contributed by atoms with E-state index in [0.717, 1.165) is 35.7 Å². The predicted octanol–water partition coefficient (Wildman–Crippen LogP) is 4.84. The maximum atomic E-state index is 13.2. The molecule has 0 aliphatic rings. The van der Waals surface area contributed by atoms with E-state index in [1.54, 1.807) is 17.4 Å². The van der Waals surface area contributed by atoms with E-state index in [4.69, 9.17) is 11.6 Å². The van der Waals surface area contributed by atoms with Gasteiger partial charge in [-0.15, -0.1) is 11.3 Å². The first-order chi connectivity index (χ1) is 10.0. The van der Waals surface area contributed by atoms with Gasteiger partial charge in [-0.1, -0.05) is 24.6 Å². The van der Waals surface area contributed by atoms with E-state index in [2.05, 4.69) is 24.1 Å². The first-order valence-electron chi connectivity index (χ1n) is 7.12. The van der Waals surface area contributed by atoms with E-state index in [-0.39, 0.29) is 11.9 Å². The van der Waals surface area contributed by atoms with Crippen LogP contribution in [0.1, 0.15) is 40.5 Å². The molecular formula is C16H20ClFN2S. The monoisotopic (exact) mass is 326 g/mol. The Kier molecular flexibility index (Phi) is 5.73. The first-order valence-corrected chi connectivity index (χ1v) is 8.32. The number of thiazole rings is 1. The van der Waals surface area contributed by atoms with Gasteiger partial charge in [0, 0.05) is 22.4 Å². The van der Waals surface area contributed by atoms with Crippen molar-refractivity contribution in [3.8, 4) is 0 Å². The number of nitrogens with one attached hydrogen (secondary N) is 1. The van der Waals surface area contributed by atoms with E-state index in [1.165, 1.54) is 17.0 Å². The van der Waals surface area contributed by atoms with E-state index in [0.29, 0.717) is 5.02 Å². The van der Waals surface area contributed by atoms with Crippen LogP contribution in [0.3, 0.4) is 0 Å². The van der Waals surface area contributed by atoms with Crippen LogP contribution in [0.2, 0.25) is 5.02 Å². The van der Waals surface area contributed by atoms with Crippen LogP contribution < -0.4 is 5.32 Å². The highest BCUT2D eigenvalue weighted by molar-refractivity contribution is 7.11. The number of aromatic nitrogens is 1. The molecule has 1 atom stereocenters. The number of halogens is 2. The molecule has 2 aromatic rings. The van der Waals surface area contributed by atoms with Crippen molar-refractivity contribution in [3.05, 3.63) is 50.2 Å². The van der Waals surface area contributed by atoms with Crippen LogP contribution >= 0.6 is 22.9 Å². The first kappa shape index (κ1) is 16.4. The van der Waals surface area contributed by atoms with Gasteiger partial charge in [-0.25, -0.2) is 9.37 Å². The SMILES string of the molecule is CCCNC(Cc1nc(C)c(C)s1)c1ccc(F)cc1Cl. The number of nitrogens with zero attached hydrogens (tertiary/aromatic N) is 1. The lowest BCUT2D eigenvalue weighted by atomic mass is 10.0. The quantitative estimate of drug-likeness (QED) is 0.822. The van der Waals surface area contributed by atoms with E-state index in [1.807, 2.05) is 6.92 Å². The minimum Gasteiger partial charge on any atom is -0.310 e. The standard InChI is InChI=1S/C16H20ClFN2S/c1-4-7-19-15(9-16-20-10(2)11(3)21-16)13-6-5-12(18)8-14(13)17/h5-6,8,15,19H,4,7,9H2,1-3H3. The van der Waals surface area contributed by atoms with Crippen LogP contribution in [0.4, 0.5) is 4.39 Å². The van der Waals surface area contributed by atoms with Crippen LogP contribution in [0.5, 0.6) is 0 Å². The molecule has 1 heterocycles. The van der Waals surface area contributed by atoms with E-state index >= 15 is 0 Å². The van der Waals surface area contributed by atoms with Gasteiger partial charge in [-0.3, -0.25) is 0 Å². The molecule has 114 valence electrons. The second kappa shape index (κ2) is 7.34. The van der Waals surface area contributed by atoms with Crippen molar-refractivity contribution in [2.24, 2.45) is 0 Å². The molecule has 0 amide bonds. The Hall–Kier alpha value is -0.970. The summed E-state index contributed by atoms with van der Waals surface area (Å²) in [5.41, 5.74) is 2.01. The molecule has 0 aliphatic carbocycles. The van der Waals surface area contributed by atoms with Gasteiger partial charge in [0.05, 0.1) is 10.7 Å². The lowest BCUT2D eigenvalue weighted by molar-refractivity contribution is 0.526. The number of rotatable bonds is 6. The zero-order chi connectivity index (χ0) is 15.4. The summed E-state index contributed by atoms with van der Waals surface area (Å²) in [6, 6.07) is 4.65. The molecule has 1 unspecified atom stereocenters. The molecule has 5 heteroatoms. The van der Waals surface area contributed by atoms with Crippen molar-refractivity contribution in [2.75, 3.05) is 6.54 Å². The Labute approximate surface area is 134 Å². The van der Waals surface area contributed by atoms with Gasteiger partial charge in [0.25, 0.3) is 0 Å². The minimum atomic E-state index is -0.307. The average molecular weight is 327 g/mol. The molecular weight excluding hydrogens is 307 g/mol. The van der Waals surface area contributed by atoms with Crippen LogP contribution in [0.25, 0.3) is 0 Å². The van der Waals surface area contributed by atoms with Gasteiger partial charge in [-0.05, 0) is 44.5 Å². The maximum Gasteiger partial charge on any atom is 0.124 e. The van der Waals surface area contributed by atoms with Crippen LogP contribution in [-0.4, -0.2) is 11.5 Å². The summed E-state index contributed by atoms with van der Waals surface area (Å²) in [6.45, 7) is 7.11. The van der Waals surface area contributed by atoms with Gasteiger partial charge in [-0.2, -0.15) is 0 Å². The molecule has 0 saturated heterocycles. The number of hydrogen-bond acceptors (Lipinski definition) is 3. The van der Waals surface area contributed by atoms with Gasteiger partial charge in [0.15, 0.2) is 0 Å². The van der Waals surface area contributed by atoms with Crippen molar-refractivity contribution in [3.63, 3.8) is 0 Å². The minimum absolute atomic E-state index is 0.0583. The van der Waals surface area contributed by atoms with Gasteiger partial charge in [0.1, 0.15) is 5.82 Å². The highest BCUT2D eigenvalue weighted by Gasteiger charge is 2.17. The summed E-state index contributed by atoms with van der Waals surface area (Å²) in [5, 5.41) is 5.03. The van der Waals surface area contributed by atoms with Crippen molar-refractivity contribution in [1.29, 1.82) is 0 Å². The highest BCUT2D eigenvalue weighted by Crippen LogP contribution is 2.28. The fourth-order valence-electron chi connectivity index (χ4n) is 2.20. The lowest BCUT2D eigenvalue weighted by Crippen LogP contribution is -2.24. The Morgan fingerprint density at radius 1 is 1.38 bits per heavy atom. The third-order valence-corrected chi connectivity index (χ3v) is 4.85. The summed E-state index contributed by atoms with van der Waals surface area (Å²) in [7, 11) is 0. The number of hydrogen-bond donors (Lipinski definition) is 1. The molecule has 0 aliphatic heterocycles. The topological polar surface area (TPSA) is 24.9 Å². The second-order valence-electron chi connectivity index (χ2n) is 5.13. The lowest BCUT2D eigenvalue weighted by Gasteiger charge is -2.19. The zero-order valence-corrected chi connectivity index (χ0v) is 14.1. The summed E-state index contributed by atoms with van der Waals surface area (Å²) < 4.78 is 13.2. The molecule has 0 bridgehead atoms. The summed E-state index contributed by atoms with van der Waals surface area (Å²) >= 11 is 7.92. The fourth-order valence-corrected chi connectivity index (χ4v) is 3.47. The fraction of sp³-hybridized carbons (Fsp3) is 0.438. The molecule has 1 aromatic carbocycles. The van der Waals surface area contributed by atoms with Crippen molar-refractivity contribution >= 4 is 22.9 Å². The van der Waals surface area contributed by atoms with Crippen LogP contribution in [0, 0.1) is 19.7 Å². The molecule has 0 radical (unpaired) electrons. The molecule has 0 saturated carbocycles. The summed E-state index contributed by atoms with van der Waals surface area (Å²) in [5.74, 6) is -0.307. The number of aryl methyl sites for hydroxylation is 2.